The number of nitrogens with zero attached hydrogens (tertiary/aromatic N) is 4. The molecule has 52 heavy (non-hydrogen) atoms. The topological polar surface area (TPSA) is 308 Å². The van der Waals surface area contributed by atoms with Crippen LogP contribution in [0.1, 0.15) is 0 Å². The molecule has 19 nitrogen and oxygen atoms in total. The van der Waals surface area contributed by atoms with Gasteiger partial charge in [0.1, 0.15) is 47.5 Å². The Morgan fingerprint density at radius 2 is 1.40 bits per heavy atom. The number of aromatic hydroxyl groups is 1. The average molecular weight is 836 g/mol. The van der Waals surface area contributed by atoms with Crippen LogP contribution >= 0.6 is 11.6 Å². The molecule has 0 spiro atoms. The molecule has 4 aromatic carbocycles. The summed E-state index contributed by atoms with van der Waals surface area (Å²) in [6, 6.07) is 11.2. The molecule has 4 N–H and O–H groups in total. The van der Waals surface area contributed by atoms with Crippen molar-refractivity contribution in [2.75, 3.05) is 17.7 Å². The third kappa shape index (κ3) is 11.2. The number of phenols is 1. The number of aromatic amines is 1. The summed E-state index contributed by atoms with van der Waals surface area (Å²) in [6.07, 6.45) is 0. The Kier molecular flexibility index (Phi) is 16.4. The van der Waals surface area contributed by atoms with E-state index in [1.807, 2.05) is 0 Å². The number of phenolic OH excluding ortho intramolecular Hbond substituents is 1. The fourth-order valence-corrected chi connectivity index (χ4v) is 6.51. The first kappa shape index (κ1) is 46.6. The van der Waals surface area contributed by atoms with Crippen LogP contribution in [0.25, 0.3) is 10.8 Å². The second-order valence-electron chi connectivity index (χ2n) is 9.63. The van der Waals surface area contributed by atoms with Gasteiger partial charge in [0, 0.05) is 16.8 Å². The van der Waals surface area contributed by atoms with Crippen LogP contribution in [0.2, 0.25) is 5.02 Å². The maximum Gasteiger partial charge on any atom is 1.00 e. The molecule has 1 heterocycles. The quantitative estimate of drug-likeness (QED) is 0.0579. The van der Waals surface area contributed by atoms with Gasteiger partial charge in [-0.2, -0.15) is 9.97 Å². The number of benzene rings is 4. The minimum atomic E-state index is -5.36. The second-order valence-corrected chi connectivity index (χ2v) is 14.1. The smallest absolute Gasteiger partial charge is 0.744 e. The fraction of sp³-hybridized carbons (Fsp3) is 0.0385. The zero-order valence-electron chi connectivity index (χ0n) is 27.1. The Balaban J connectivity index is 0.00000312. The molecule has 5 rings (SSSR count). The standard InChI is InChI=1S/C26H20ClN7O12S3.K.2Na/c1-46-15-4-7-18(20(11-15)48(40,41)42)33-34-22-21(49(43,44)45)9-12-8-13(2-5-16(12)23(22)35)28-24-30-25(32-26(36)31-24)29-14-3-6-17(27)19(10-14)47(37,38)39;;;/h2-11,35H,1H3,(H,37,38,39)(H,40,41,42)(H,43,44,45)(H3,28,29,30,31,32,36);;;/q;3*+1/p-3. The van der Waals surface area contributed by atoms with Crippen LogP contribution in [0.5, 0.6) is 11.5 Å². The van der Waals surface area contributed by atoms with E-state index >= 15 is 0 Å². The maximum atomic E-state index is 12.2. The molecule has 0 aliphatic heterocycles. The first-order chi connectivity index (χ1) is 22.8. The van der Waals surface area contributed by atoms with E-state index in [0.717, 1.165) is 30.3 Å². The summed E-state index contributed by atoms with van der Waals surface area (Å²) in [6.45, 7) is 0. The van der Waals surface area contributed by atoms with Crippen molar-refractivity contribution >= 4 is 87.4 Å². The third-order valence-corrected chi connectivity index (χ3v) is 9.42. The zero-order valence-corrected chi connectivity index (χ0v) is 37.4. The summed E-state index contributed by atoms with van der Waals surface area (Å²) >= 11 is 5.78. The first-order valence-electron chi connectivity index (χ1n) is 12.9. The summed E-state index contributed by atoms with van der Waals surface area (Å²) in [4.78, 5) is 19.6. The van der Waals surface area contributed by atoms with Crippen LogP contribution in [-0.2, 0) is 30.4 Å². The van der Waals surface area contributed by atoms with Crippen LogP contribution < -0.4 is 132 Å². The predicted octanol–water partition coefficient (Wildman–Crippen LogP) is -5.69. The van der Waals surface area contributed by atoms with Gasteiger partial charge in [-0.3, -0.25) is 4.98 Å². The van der Waals surface area contributed by atoms with E-state index in [9.17, 15) is 48.8 Å². The predicted molar refractivity (Wildman–Crippen MR) is 167 cm³/mol. The van der Waals surface area contributed by atoms with E-state index in [2.05, 4.69) is 35.8 Å². The number of azo groups is 1. The van der Waals surface area contributed by atoms with Gasteiger partial charge >= 0.3 is 116 Å². The van der Waals surface area contributed by atoms with Gasteiger partial charge in [-0.15, -0.1) is 10.2 Å². The van der Waals surface area contributed by atoms with Crippen LogP contribution in [-0.4, -0.2) is 66.1 Å². The average Bonchev–Trinajstić information content (AvgIpc) is 2.99. The maximum absolute atomic E-state index is 12.2. The molecule has 0 bridgehead atoms. The number of methoxy groups -OCH3 is 1. The van der Waals surface area contributed by atoms with Gasteiger partial charge in [-0.05, 0) is 66.0 Å². The van der Waals surface area contributed by atoms with Crippen LogP contribution in [0.3, 0.4) is 0 Å². The van der Waals surface area contributed by atoms with Crippen molar-refractivity contribution in [3.8, 4) is 11.5 Å². The van der Waals surface area contributed by atoms with E-state index in [0.29, 0.717) is 0 Å². The molecular formula is C26H17ClKN7Na2O12S3. The minimum absolute atomic E-state index is 0. The summed E-state index contributed by atoms with van der Waals surface area (Å²) < 4.78 is 111. The summed E-state index contributed by atoms with van der Waals surface area (Å²) in [5.41, 5.74) is -2.19. The van der Waals surface area contributed by atoms with E-state index < -0.39 is 67.9 Å². The van der Waals surface area contributed by atoms with Gasteiger partial charge in [0.05, 0.1) is 26.8 Å². The molecule has 26 heteroatoms. The van der Waals surface area contributed by atoms with Crippen LogP contribution in [0.15, 0.2) is 90.4 Å². The van der Waals surface area contributed by atoms with Crippen molar-refractivity contribution < 1.29 is 159 Å². The normalized spacial score (nSPS) is 11.6. The fourth-order valence-electron chi connectivity index (χ4n) is 4.26. The number of halogens is 1. The molecule has 0 atom stereocenters. The molecule has 0 radical (unpaired) electrons. The van der Waals surface area contributed by atoms with Crippen molar-refractivity contribution in [1.82, 2.24) is 15.0 Å². The molecule has 0 aliphatic carbocycles. The Morgan fingerprint density at radius 3 is 2.02 bits per heavy atom. The number of H-pyrrole nitrogens is 1. The third-order valence-electron chi connectivity index (χ3n) is 6.38. The molecule has 0 fully saturated rings. The van der Waals surface area contributed by atoms with Gasteiger partial charge in [0.15, 0.2) is 5.75 Å². The van der Waals surface area contributed by atoms with Gasteiger partial charge in [0.2, 0.25) is 11.9 Å². The van der Waals surface area contributed by atoms with Crippen molar-refractivity contribution in [3.05, 3.63) is 76.2 Å². The van der Waals surface area contributed by atoms with Gasteiger partial charge < -0.3 is 34.1 Å². The van der Waals surface area contributed by atoms with Crippen molar-refractivity contribution in [3.63, 3.8) is 0 Å². The van der Waals surface area contributed by atoms with Gasteiger partial charge in [-0.1, -0.05) is 11.6 Å². The molecule has 5 aromatic rings. The summed E-state index contributed by atoms with van der Waals surface area (Å²) in [5, 5.41) is 23.0. The van der Waals surface area contributed by atoms with E-state index in [4.69, 9.17) is 16.3 Å². The Morgan fingerprint density at radius 1 is 0.788 bits per heavy atom. The van der Waals surface area contributed by atoms with Gasteiger partial charge in [0.25, 0.3) is 0 Å². The first-order valence-corrected chi connectivity index (χ1v) is 17.5. The number of rotatable bonds is 10. The number of nitrogens with one attached hydrogen (secondary N) is 3. The molecule has 1 aromatic heterocycles. The molecule has 0 saturated heterocycles. The summed E-state index contributed by atoms with van der Waals surface area (Å²) in [7, 11) is -14.2. The number of ether oxygens (including phenoxy) is 1. The van der Waals surface area contributed by atoms with Crippen molar-refractivity contribution in [2.45, 2.75) is 14.7 Å². The minimum Gasteiger partial charge on any atom is -0.744 e. The van der Waals surface area contributed by atoms with Crippen molar-refractivity contribution in [1.29, 1.82) is 0 Å². The molecule has 0 saturated carbocycles. The van der Waals surface area contributed by atoms with E-state index in [1.54, 1.807) is 0 Å². The zero-order chi connectivity index (χ0) is 35.9. The molecular weight excluding hydrogens is 819 g/mol. The monoisotopic (exact) mass is 835 g/mol. The number of anilines is 4. The largest absolute Gasteiger partial charge is 1.00 e. The Labute approximate surface area is 386 Å². The number of aromatic nitrogens is 3. The van der Waals surface area contributed by atoms with Crippen LogP contribution in [0.4, 0.5) is 34.6 Å². The van der Waals surface area contributed by atoms with E-state index in [1.165, 1.54) is 37.4 Å². The number of fused-ring (bicyclic) bond motifs is 1. The summed E-state index contributed by atoms with van der Waals surface area (Å²) in [5.74, 6) is -1.44. The second kappa shape index (κ2) is 18.4. The van der Waals surface area contributed by atoms with Crippen molar-refractivity contribution in [2.24, 2.45) is 10.2 Å². The Bertz CT molecular complexity index is 2600. The van der Waals surface area contributed by atoms with E-state index in [-0.39, 0.29) is 155 Å². The number of hydrogen-bond donors (Lipinski definition) is 4. The van der Waals surface area contributed by atoms with Gasteiger partial charge in [-0.25, -0.2) is 30.0 Å². The molecule has 0 unspecified atom stereocenters. The van der Waals surface area contributed by atoms with Crippen LogP contribution in [0, 0.1) is 0 Å². The molecule has 0 aliphatic rings. The Hall–Kier alpha value is -1.59. The molecule has 0 amide bonds. The SMILES string of the molecule is COc1ccc(N=Nc2c(S(=O)(=O)[O-])cc3cc(Nc4nc(Nc5ccc(Cl)c(S(=O)(=O)[O-])c5)[nH]c(=O)n4)ccc3c2O)c(S(=O)(=O)[O-])c1.[K+].[Na+].[Na+]. The molecule has 256 valence electrons. The number of hydrogen-bond acceptors (Lipinski definition) is 18.